The molecule has 1 aliphatic heterocycles. The lowest BCUT2D eigenvalue weighted by atomic mass is 9.90. The van der Waals surface area contributed by atoms with Crippen molar-refractivity contribution in [3.8, 4) is 0 Å². The molecule has 6 heteroatoms. The number of hydrogen-bond donors (Lipinski definition) is 1. The molecule has 5 nitrogen and oxygen atoms in total. The normalized spacial score (nSPS) is 16.5. The summed E-state index contributed by atoms with van der Waals surface area (Å²) in [5, 5.41) is 7.11. The number of fused-ring (bicyclic) bond motifs is 1. The first-order valence-corrected chi connectivity index (χ1v) is 7.51. The molecular weight excluding hydrogens is 283 g/mol. The van der Waals surface area contributed by atoms with Crippen LogP contribution < -0.4 is 4.90 Å². The van der Waals surface area contributed by atoms with E-state index in [0.717, 1.165) is 31.6 Å². The Kier molecular flexibility index (Phi) is 3.10. The number of aromatic amines is 1. The number of aryl methyl sites for hydroxylation is 1. The smallest absolute Gasteiger partial charge is 0.298 e. The van der Waals surface area contributed by atoms with Gasteiger partial charge in [-0.05, 0) is 43.4 Å². The summed E-state index contributed by atoms with van der Waals surface area (Å²) >= 11 is 0. The number of benzene rings is 1. The van der Waals surface area contributed by atoms with Crippen LogP contribution in [0.4, 0.5) is 10.4 Å². The van der Waals surface area contributed by atoms with Gasteiger partial charge in [0.15, 0.2) is 5.58 Å². The zero-order valence-electron chi connectivity index (χ0n) is 12.3. The van der Waals surface area contributed by atoms with Gasteiger partial charge < -0.3 is 9.32 Å². The van der Waals surface area contributed by atoms with E-state index in [1.807, 2.05) is 6.20 Å². The van der Waals surface area contributed by atoms with Crippen LogP contribution in [-0.2, 0) is 0 Å². The zero-order chi connectivity index (χ0) is 15.1. The van der Waals surface area contributed by atoms with Crippen LogP contribution in [0.15, 0.2) is 28.8 Å². The molecule has 1 aromatic carbocycles. The van der Waals surface area contributed by atoms with E-state index in [2.05, 4.69) is 27.0 Å². The molecule has 1 saturated heterocycles. The van der Waals surface area contributed by atoms with Crippen LogP contribution in [0.3, 0.4) is 0 Å². The van der Waals surface area contributed by atoms with E-state index >= 15 is 0 Å². The number of hydrogen-bond acceptors (Lipinski definition) is 4. The highest BCUT2D eigenvalue weighted by Crippen LogP contribution is 2.32. The number of H-pyrrole nitrogens is 1. The molecule has 1 fully saturated rings. The van der Waals surface area contributed by atoms with Gasteiger partial charge in [-0.3, -0.25) is 5.10 Å². The second-order valence-corrected chi connectivity index (χ2v) is 5.82. The molecule has 0 saturated carbocycles. The highest BCUT2D eigenvalue weighted by Gasteiger charge is 2.25. The van der Waals surface area contributed by atoms with Gasteiger partial charge in [-0.1, -0.05) is 0 Å². The molecule has 3 heterocycles. The van der Waals surface area contributed by atoms with Crippen molar-refractivity contribution < 1.29 is 8.81 Å². The number of anilines is 1. The van der Waals surface area contributed by atoms with Gasteiger partial charge in [-0.15, -0.1) is 0 Å². The van der Waals surface area contributed by atoms with Gasteiger partial charge in [0.2, 0.25) is 0 Å². The molecule has 1 N–H and O–H groups in total. The van der Waals surface area contributed by atoms with E-state index in [1.165, 1.54) is 17.7 Å². The van der Waals surface area contributed by atoms with Crippen molar-refractivity contribution in [1.29, 1.82) is 0 Å². The first-order valence-electron chi connectivity index (χ1n) is 7.51. The number of nitrogens with one attached hydrogen (secondary N) is 1. The molecule has 0 spiro atoms. The quantitative estimate of drug-likeness (QED) is 0.788. The fourth-order valence-corrected chi connectivity index (χ4v) is 3.18. The predicted molar refractivity (Wildman–Crippen MR) is 81.5 cm³/mol. The number of nitrogens with zero attached hydrogens (tertiary/aromatic N) is 3. The third-order valence-electron chi connectivity index (χ3n) is 4.41. The summed E-state index contributed by atoms with van der Waals surface area (Å²) in [4.78, 5) is 6.53. The molecular formula is C16H17FN4O. The fourth-order valence-electron chi connectivity index (χ4n) is 3.18. The minimum absolute atomic E-state index is 0.290. The van der Waals surface area contributed by atoms with Crippen LogP contribution in [-0.4, -0.2) is 28.3 Å². The van der Waals surface area contributed by atoms with E-state index in [4.69, 9.17) is 4.42 Å². The van der Waals surface area contributed by atoms with Crippen LogP contribution in [0.1, 0.15) is 30.0 Å². The van der Waals surface area contributed by atoms with E-state index in [0.29, 0.717) is 23.0 Å². The van der Waals surface area contributed by atoms with Crippen LogP contribution in [0.5, 0.6) is 0 Å². The average Bonchev–Trinajstić information content (AvgIpc) is 3.13. The first kappa shape index (κ1) is 13.3. The summed E-state index contributed by atoms with van der Waals surface area (Å²) in [6.45, 7) is 3.82. The van der Waals surface area contributed by atoms with E-state index in [9.17, 15) is 4.39 Å². The van der Waals surface area contributed by atoms with Crippen molar-refractivity contribution in [3.05, 3.63) is 41.5 Å². The van der Waals surface area contributed by atoms with Crippen molar-refractivity contribution in [2.45, 2.75) is 25.7 Å². The Hall–Kier alpha value is -2.37. The molecule has 0 radical (unpaired) electrons. The summed E-state index contributed by atoms with van der Waals surface area (Å²) in [7, 11) is 0. The molecule has 0 atom stereocenters. The topological polar surface area (TPSA) is 58.0 Å². The van der Waals surface area contributed by atoms with Crippen molar-refractivity contribution in [1.82, 2.24) is 15.2 Å². The molecule has 0 aliphatic carbocycles. The average molecular weight is 300 g/mol. The van der Waals surface area contributed by atoms with Crippen molar-refractivity contribution in [2.24, 2.45) is 0 Å². The third-order valence-corrected chi connectivity index (χ3v) is 4.41. The van der Waals surface area contributed by atoms with Gasteiger partial charge in [-0.2, -0.15) is 10.1 Å². The monoisotopic (exact) mass is 300 g/mol. The van der Waals surface area contributed by atoms with E-state index in [1.54, 1.807) is 6.07 Å². The van der Waals surface area contributed by atoms with Crippen molar-refractivity contribution in [2.75, 3.05) is 18.0 Å². The van der Waals surface area contributed by atoms with Crippen LogP contribution in [0.25, 0.3) is 11.1 Å². The van der Waals surface area contributed by atoms with Gasteiger partial charge in [-0.25, -0.2) is 4.39 Å². The molecule has 22 heavy (non-hydrogen) atoms. The Morgan fingerprint density at radius 1 is 1.32 bits per heavy atom. The Bertz CT molecular complexity index is 801. The highest BCUT2D eigenvalue weighted by atomic mass is 19.1. The van der Waals surface area contributed by atoms with Crippen molar-refractivity contribution >= 4 is 17.1 Å². The molecule has 0 unspecified atom stereocenters. The Labute approximate surface area is 127 Å². The largest absolute Gasteiger partial charge is 0.423 e. The zero-order valence-corrected chi connectivity index (χ0v) is 12.3. The SMILES string of the molecule is Cc1[nH]ncc1C1CCN(c2nc3cc(F)ccc3o2)CC1. The van der Waals surface area contributed by atoms with E-state index in [-0.39, 0.29) is 5.82 Å². The molecule has 2 aromatic heterocycles. The van der Waals surface area contributed by atoms with E-state index < -0.39 is 0 Å². The molecule has 1 aliphatic rings. The summed E-state index contributed by atoms with van der Waals surface area (Å²) in [6.07, 6.45) is 4.00. The van der Waals surface area contributed by atoms with Crippen molar-refractivity contribution in [3.63, 3.8) is 0 Å². The maximum atomic E-state index is 13.2. The second-order valence-electron chi connectivity index (χ2n) is 5.82. The van der Waals surface area contributed by atoms with Gasteiger partial charge >= 0.3 is 0 Å². The molecule has 3 aromatic rings. The Morgan fingerprint density at radius 2 is 2.14 bits per heavy atom. The molecule has 0 amide bonds. The molecule has 114 valence electrons. The first-order chi connectivity index (χ1) is 10.7. The van der Waals surface area contributed by atoms with Crippen LogP contribution >= 0.6 is 0 Å². The number of oxazole rings is 1. The molecule has 0 bridgehead atoms. The summed E-state index contributed by atoms with van der Waals surface area (Å²) in [5.74, 6) is 0.235. The minimum atomic E-state index is -0.290. The lowest BCUT2D eigenvalue weighted by Gasteiger charge is -2.30. The van der Waals surface area contributed by atoms with Gasteiger partial charge in [0.05, 0.1) is 6.20 Å². The van der Waals surface area contributed by atoms with Gasteiger partial charge in [0.1, 0.15) is 11.3 Å². The number of rotatable bonds is 2. The Morgan fingerprint density at radius 3 is 2.86 bits per heavy atom. The summed E-state index contributed by atoms with van der Waals surface area (Å²) in [6, 6.07) is 5.01. The maximum absolute atomic E-state index is 13.2. The van der Waals surface area contributed by atoms with Crippen LogP contribution in [0, 0.1) is 12.7 Å². The predicted octanol–water partition coefficient (Wildman–Crippen LogP) is 3.38. The Balaban J connectivity index is 1.51. The lowest BCUT2D eigenvalue weighted by Crippen LogP contribution is -2.33. The minimum Gasteiger partial charge on any atom is -0.423 e. The van der Waals surface area contributed by atoms with Gasteiger partial charge in [0.25, 0.3) is 6.01 Å². The fraction of sp³-hybridized carbons (Fsp3) is 0.375. The van der Waals surface area contributed by atoms with Crippen LogP contribution in [0.2, 0.25) is 0 Å². The lowest BCUT2D eigenvalue weighted by molar-refractivity contribution is 0.467. The highest BCUT2D eigenvalue weighted by molar-refractivity contribution is 5.74. The molecule has 4 rings (SSSR count). The van der Waals surface area contributed by atoms with Gasteiger partial charge in [0, 0.05) is 24.8 Å². The number of aromatic nitrogens is 3. The summed E-state index contributed by atoms with van der Waals surface area (Å²) in [5.41, 5.74) is 3.65. The third kappa shape index (κ3) is 2.24. The number of halogens is 1. The second kappa shape index (κ2) is 5.12. The summed E-state index contributed by atoms with van der Waals surface area (Å²) < 4.78 is 19.0. The number of piperidine rings is 1. The maximum Gasteiger partial charge on any atom is 0.298 e. The standard InChI is InChI=1S/C16H17FN4O/c1-10-13(9-18-20-10)11-4-6-21(7-5-11)16-19-14-8-12(17)2-3-15(14)22-16/h2-3,8-9,11H,4-7H2,1H3,(H,18,20).